The largest absolute Gasteiger partial charge is 0.487 e. The minimum Gasteiger partial charge on any atom is -0.487 e. The fourth-order valence-corrected chi connectivity index (χ4v) is 4.25. The van der Waals surface area contributed by atoms with Crippen molar-refractivity contribution in [1.29, 1.82) is 0 Å². The van der Waals surface area contributed by atoms with Crippen molar-refractivity contribution in [2.24, 2.45) is 12.8 Å². The Bertz CT molecular complexity index is 967. The molecule has 0 aliphatic rings. The number of halogens is 4. The van der Waals surface area contributed by atoms with Crippen molar-refractivity contribution in [1.82, 2.24) is 9.78 Å². The summed E-state index contributed by atoms with van der Waals surface area (Å²) in [6.07, 6.45) is -2.47. The minimum atomic E-state index is -4.37. The van der Waals surface area contributed by atoms with Crippen LogP contribution in [-0.2, 0) is 19.6 Å². The smallest absolute Gasteiger partial charge is 0.416 e. The van der Waals surface area contributed by atoms with Crippen molar-refractivity contribution in [3.05, 3.63) is 52.7 Å². The van der Waals surface area contributed by atoms with Crippen LogP contribution >= 0.6 is 22.9 Å². The van der Waals surface area contributed by atoms with E-state index >= 15 is 0 Å². The second-order valence-corrected chi connectivity index (χ2v) is 7.88. The van der Waals surface area contributed by atoms with Crippen LogP contribution in [0.5, 0.6) is 5.06 Å². The lowest BCUT2D eigenvalue weighted by Crippen LogP contribution is -2.30. The van der Waals surface area contributed by atoms with E-state index < -0.39 is 11.7 Å². The number of aryl methyl sites for hydroxylation is 1. The van der Waals surface area contributed by atoms with Crippen LogP contribution in [0.4, 0.5) is 18.2 Å². The van der Waals surface area contributed by atoms with E-state index in [9.17, 15) is 13.2 Å². The van der Waals surface area contributed by atoms with E-state index in [-0.39, 0.29) is 12.6 Å². The summed E-state index contributed by atoms with van der Waals surface area (Å²) in [5.74, 6) is 0. The number of nitrogens with one attached hydrogen (secondary N) is 1. The summed E-state index contributed by atoms with van der Waals surface area (Å²) < 4.78 is 46.0. The van der Waals surface area contributed by atoms with Gasteiger partial charge in [0.15, 0.2) is 5.06 Å². The zero-order chi connectivity index (χ0) is 21.2. The van der Waals surface area contributed by atoms with E-state index in [1.165, 1.54) is 17.4 Å². The van der Waals surface area contributed by atoms with Crippen LogP contribution in [0.2, 0.25) is 5.02 Å². The molecule has 0 spiro atoms. The molecular weight excluding hydrogens is 425 g/mol. The Hall–Kier alpha value is -2.23. The molecule has 1 atom stereocenters. The van der Waals surface area contributed by atoms with Crippen LogP contribution in [0.15, 0.2) is 36.5 Å². The van der Waals surface area contributed by atoms with Crippen LogP contribution in [0, 0.1) is 0 Å². The van der Waals surface area contributed by atoms with E-state index in [1.54, 1.807) is 31.1 Å². The van der Waals surface area contributed by atoms with Crippen molar-refractivity contribution in [3.63, 3.8) is 0 Å². The fraction of sp³-hybridized carbons (Fsp3) is 0.316. The summed E-state index contributed by atoms with van der Waals surface area (Å²) in [6, 6.07) is 6.90. The van der Waals surface area contributed by atoms with Gasteiger partial charge in [0.25, 0.3) is 0 Å². The maximum atomic E-state index is 12.9. The molecule has 5 nitrogen and oxygen atoms in total. The van der Waals surface area contributed by atoms with Gasteiger partial charge in [-0.3, -0.25) is 4.68 Å². The predicted molar refractivity (Wildman–Crippen MR) is 110 cm³/mol. The number of nitrogens with zero attached hydrogens (tertiary/aromatic N) is 2. The second-order valence-electron chi connectivity index (χ2n) is 6.46. The van der Waals surface area contributed by atoms with Gasteiger partial charge < -0.3 is 15.8 Å². The van der Waals surface area contributed by atoms with Gasteiger partial charge in [-0.1, -0.05) is 41.1 Å². The highest BCUT2D eigenvalue weighted by atomic mass is 35.5. The summed E-state index contributed by atoms with van der Waals surface area (Å²) in [7, 11) is 3.34. The minimum absolute atomic E-state index is 0.248. The SMILES string of the molecule is COc1sc(N[C@H](CN)Cc2cccc(C(F)(F)F)c2)cc1-c1c(Cl)cnn1C. The quantitative estimate of drug-likeness (QED) is 0.548. The van der Waals surface area contributed by atoms with Gasteiger partial charge >= 0.3 is 6.18 Å². The van der Waals surface area contributed by atoms with E-state index in [1.807, 2.05) is 6.07 Å². The monoisotopic (exact) mass is 444 g/mol. The molecule has 0 unspecified atom stereocenters. The molecule has 10 heteroatoms. The number of ether oxygens (including phenoxy) is 1. The van der Waals surface area contributed by atoms with E-state index in [0.29, 0.717) is 22.1 Å². The Kier molecular flexibility index (Phi) is 6.40. The molecule has 29 heavy (non-hydrogen) atoms. The summed E-state index contributed by atoms with van der Waals surface area (Å²) in [5, 5.41) is 9.35. The van der Waals surface area contributed by atoms with Gasteiger partial charge in [-0.25, -0.2) is 0 Å². The molecule has 0 bridgehead atoms. The second kappa shape index (κ2) is 8.64. The van der Waals surface area contributed by atoms with Crippen molar-refractivity contribution in [2.45, 2.75) is 18.6 Å². The lowest BCUT2D eigenvalue weighted by molar-refractivity contribution is -0.137. The number of alkyl halides is 3. The molecule has 3 N–H and O–H groups in total. The lowest BCUT2D eigenvalue weighted by atomic mass is 10.0. The molecule has 0 fully saturated rings. The Morgan fingerprint density at radius 1 is 1.34 bits per heavy atom. The average Bonchev–Trinajstić information content (AvgIpc) is 3.22. The zero-order valence-corrected chi connectivity index (χ0v) is 17.3. The summed E-state index contributed by atoms with van der Waals surface area (Å²) in [5.41, 5.74) is 7.25. The number of anilines is 1. The average molecular weight is 445 g/mol. The molecule has 1 aromatic carbocycles. The van der Waals surface area contributed by atoms with Crippen LogP contribution in [0.3, 0.4) is 0 Å². The van der Waals surface area contributed by atoms with Gasteiger partial charge in [0.1, 0.15) is 0 Å². The first-order chi connectivity index (χ1) is 13.7. The van der Waals surface area contributed by atoms with Crippen LogP contribution in [0.1, 0.15) is 11.1 Å². The molecule has 0 aliphatic heterocycles. The number of rotatable bonds is 7. The molecule has 3 aromatic rings. The maximum absolute atomic E-state index is 12.9. The molecular formula is C19H20ClF3N4OS. The number of thiophene rings is 1. The first-order valence-corrected chi connectivity index (χ1v) is 9.90. The van der Waals surface area contributed by atoms with Gasteiger partial charge in [-0.2, -0.15) is 18.3 Å². The third-order valence-corrected chi connectivity index (χ3v) is 5.70. The molecule has 0 saturated carbocycles. The van der Waals surface area contributed by atoms with Gasteiger partial charge in [-0.15, -0.1) is 0 Å². The Morgan fingerprint density at radius 3 is 2.69 bits per heavy atom. The van der Waals surface area contributed by atoms with Crippen LogP contribution in [-0.4, -0.2) is 29.5 Å². The molecule has 0 amide bonds. The molecule has 156 valence electrons. The zero-order valence-electron chi connectivity index (χ0n) is 15.8. The van der Waals surface area contributed by atoms with Gasteiger partial charge in [-0.05, 0) is 24.1 Å². The van der Waals surface area contributed by atoms with E-state index in [0.717, 1.165) is 28.4 Å². The van der Waals surface area contributed by atoms with Crippen molar-refractivity contribution >= 4 is 27.9 Å². The van der Waals surface area contributed by atoms with Gasteiger partial charge in [0.05, 0.1) is 40.2 Å². The molecule has 0 radical (unpaired) electrons. The predicted octanol–water partition coefficient (Wildman–Crippen LogP) is 4.81. The fourth-order valence-electron chi connectivity index (χ4n) is 3.03. The van der Waals surface area contributed by atoms with E-state index in [4.69, 9.17) is 22.1 Å². The molecule has 2 aromatic heterocycles. The van der Waals surface area contributed by atoms with Gasteiger partial charge in [0.2, 0.25) is 0 Å². The molecule has 3 rings (SSSR count). The third-order valence-electron chi connectivity index (χ3n) is 4.40. The number of methoxy groups -OCH3 is 1. The van der Waals surface area contributed by atoms with E-state index in [2.05, 4.69) is 10.4 Å². The molecule has 0 saturated heterocycles. The van der Waals surface area contributed by atoms with Crippen LogP contribution in [0.25, 0.3) is 11.3 Å². The summed E-state index contributed by atoms with van der Waals surface area (Å²) >= 11 is 7.61. The number of hydrogen-bond donors (Lipinski definition) is 2. The Balaban J connectivity index is 1.82. The van der Waals surface area contributed by atoms with Crippen LogP contribution < -0.4 is 15.8 Å². The third kappa shape index (κ3) is 4.85. The summed E-state index contributed by atoms with van der Waals surface area (Å²) in [6.45, 7) is 0.248. The van der Waals surface area contributed by atoms with Gasteiger partial charge in [0, 0.05) is 19.6 Å². The summed E-state index contributed by atoms with van der Waals surface area (Å²) in [4.78, 5) is 0. The highest BCUT2D eigenvalue weighted by Gasteiger charge is 2.30. The standard InChI is InChI=1S/C19H20ClF3N4OS/c1-27-17(15(20)10-25-27)14-8-16(29-18(14)28-2)26-13(9-24)7-11-4-3-5-12(6-11)19(21,22)23/h3-6,8,10,13,26H,7,9,24H2,1-2H3/t13-/m0/s1. The number of benzene rings is 1. The first kappa shape index (κ1) is 21.5. The Labute approximate surface area is 175 Å². The highest BCUT2D eigenvalue weighted by Crippen LogP contribution is 2.43. The maximum Gasteiger partial charge on any atom is 0.416 e. The van der Waals surface area contributed by atoms with Crippen molar-refractivity contribution < 1.29 is 17.9 Å². The molecule has 0 aliphatic carbocycles. The highest BCUT2D eigenvalue weighted by molar-refractivity contribution is 7.18. The number of hydrogen-bond acceptors (Lipinski definition) is 5. The first-order valence-electron chi connectivity index (χ1n) is 8.71. The van der Waals surface area contributed by atoms with Crippen molar-refractivity contribution in [3.8, 4) is 16.3 Å². The number of aromatic nitrogens is 2. The van der Waals surface area contributed by atoms with Crippen molar-refractivity contribution in [2.75, 3.05) is 19.0 Å². The lowest BCUT2D eigenvalue weighted by Gasteiger charge is -2.17. The molecule has 2 heterocycles. The normalized spacial score (nSPS) is 12.8. The number of nitrogens with two attached hydrogens (primary N) is 1. The Morgan fingerprint density at radius 2 is 2.10 bits per heavy atom. The topological polar surface area (TPSA) is 65.1 Å².